The van der Waals surface area contributed by atoms with Crippen LogP contribution in [-0.4, -0.2) is 18.2 Å². The molecule has 1 rings (SSSR count). The molecule has 0 unspecified atom stereocenters. The smallest absolute Gasteiger partial charge is 0.407 e. The number of ether oxygens (including phenoxy) is 1. The van der Waals surface area contributed by atoms with E-state index >= 15 is 0 Å². The summed E-state index contributed by atoms with van der Waals surface area (Å²) in [5.74, 6) is 0. The first-order chi connectivity index (χ1) is 8.08. The van der Waals surface area contributed by atoms with Gasteiger partial charge in [-0.3, -0.25) is 0 Å². The van der Waals surface area contributed by atoms with E-state index in [9.17, 15) is 4.79 Å². The summed E-state index contributed by atoms with van der Waals surface area (Å²) in [5, 5.41) is 2.74. The Balaban J connectivity index is 2.26. The lowest BCUT2D eigenvalue weighted by molar-refractivity contribution is 0.135. The summed E-state index contributed by atoms with van der Waals surface area (Å²) >= 11 is 0. The average Bonchev–Trinajstić information content (AvgIpc) is 2.26. The molecule has 4 nitrogen and oxygen atoms in total. The molecule has 3 N–H and O–H groups in total. The van der Waals surface area contributed by atoms with Gasteiger partial charge in [0, 0.05) is 12.1 Å². The van der Waals surface area contributed by atoms with Crippen molar-refractivity contribution in [3.8, 4) is 0 Å². The number of rotatable bonds is 5. The van der Waals surface area contributed by atoms with Gasteiger partial charge < -0.3 is 15.8 Å². The maximum atomic E-state index is 11.4. The number of alkyl carbamates (subject to hydrolysis) is 1. The van der Waals surface area contributed by atoms with Gasteiger partial charge in [0.2, 0.25) is 0 Å². The summed E-state index contributed by atoms with van der Waals surface area (Å²) in [4.78, 5) is 11.4. The third kappa shape index (κ3) is 5.92. The van der Waals surface area contributed by atoms with Crippen LogP contribution in [0.2, 0.25) is 0 Å². The van der Waals surface area contributed by atoms with Gasteiger partial charge in [0.25, 0.3) is 0 Å². The molecule has 0 aliphatic heterocycles. The first kappa shape index (κ1) is 13.5. The number of hydrogen-bond acceptors (Lipinski definition) is 3. The quantitative estimate of drug-likeness (QED) is 0.822. The Kier molecular flexibility index (Phi) is 5.49. The highest BCUT2D eigenvalue weighted by molar-refractivity contribution is 5.67. The van der Waals surface area contributed by atoms with E-state index in [4.69, 9.17) is 10.5 Å². The highest BCUT2D eigenvalue weighted by atomic mass is 16.5. The highest BCUT2D eigenvalue weighted by Crippen LogP contribution is 2.01. The molecular formula is C13H20N2O2. The van der Waals surface area contributed by atoms with Gasteiger partial charge in [0.15, 0.2) is 0 Å². The summed E-state index contributed by atoms with van der Waals surface area (Å²) in [5.41, 5.74) is 6.62. The lowest BCUT2D eigenvalue weighted by atomic mass is 10.1. The van der Waals surface area contributed by atoms with Crippen LogP contribution in [0.5, 0.6) is 0 Å². The largest absolute Gasteiger partial charge is 0.445 e. The van der Waals surface area contributed by atoms with Gasteiger partial charge in [0.1, 0.15) is 6.61 Å². The van der Waals surface area contributed by atoms with Gasteiger partial charge >= 0.3 is 6.09 Å². The maximum Gasteiger partial charge on any atom is 0.407 e. The minimum Gasteiger partial charge on any atom is -0.445 e. The Bertz CT molecular complexity index is 339. The molecule has 0 saturated heterocycles. The monoisotopic (exact) mass is 236 g/mol. The summed E-state index contributed by atoms with van der Waals surface area (Å²) in [6.07, 6.45) is 0.336. The Morgan fingerprint density at radius 1 is 1.35 bits per heavy atom. The third-order valence-corrected chi connectivity index (χ3v) is 2.30. The molecule has 0 bridgehead atoms. The summed E-state index contributed by atoms with van der Waals surface area (Å²) in [6.45, 7) is 4.11. The molecule has 0 heterocycles. The van der Waals surface area contributed by atoms with Gasteiger partial charge in [0.05, 0.1) is 0 Å². The predicted octanol–water partition coefficient (Wildman–Crippen LogP) is 2.04. The Labute approximate surface area is 102 Å². The zero-order chi connectivity index (χ0) is 12.7. The van der Waals surface area contributed by atoms with Crippen LogP contribution in [-0.2, 0) is 11.3 Å². The molecule has 0 spiro atoms. The van der Waals surface area contributed by atoms with Crippen LogP contribution in [0.1, 0.15) is 25.8 Å². The first-order valence-electron chi connectivity index (χ1n) is 5.80. The summed E-state index contributed by atoms with van der Waals surface area (Å²) < 4.78 is 5.09. The molecule has 0 saturated carbocycles. The normalized spacial score (nSPS) is 13.8. The molecule has 0 aliphatic carbocycles. The Morgan fingerprint density at radius 3 is 2.59 bits per heavy atom. The van der Waals surface area contributed by atoms with E-state index in [2.05, 4.69) is 5.32 Å². The minimum atomic E-state index is -0.401. The number of carbonyl (C=O) groups excluding carboxylic acids is 1. The second kappa shape index (κ2) is 6.91. The second-order valence-electron chi connectivity index (χ2n) is 4.32. The van der Waals surface area contributed by atoms with Gasteiger partial charge in [-0.05, 0) is 25.8 Å². The Hall–Kier alpha value is -1.55. The lowest BCUT2D eigenvalue weighted by Crippen LogP contribution is -2.36. The highest BCUT2D eigenvalue weighted by Gasteiger charge is 2.09. The third-order valence-electron chi connectivity index (χ3n) is 2.30. The van der Waals surface area contributed by atoms with Gasteiger partial charge in [-0.2, -0.15) is 0 Å². The van der Waals surface area contributed by atoms with E-state index < -0.39 is 6.09 Å². The van der Waals surface area contributed by atoms with Crippen LogP contribution in [0.25, 0.3) is 0 Å². The molecule has 2 atom stereocenters. The van der Waals surface area contributed by atoms with Crippen molar-refractivity contribution < 1.29 is 9.53 Å². The van der Waals surface area contributed by atoms with Crippen LogP contribution in [0.3, 0.4) is 0 Å². The van der Waals surface area contributed by atoms with E-state index in [0.717, 1.165) is 12.0 Å². The van der Waals surface area contributed by atoms with E-state index in [1.54, 1.807) is 0 Å². The van der Waals surface area contributed by atoms with E-state index in [-0.39, 0.29) is 18.7 Å². The van der Waals surface area contributed by atoms with Gasteiger partial charge in [-0.15, -0.1) is 0 Å². The molecule has 0 radical (unpaired) electrons. The van der Waals surface area contributed by atoms with Crippen molar-refractivity contribution in [1.82, 2.24) is 5.32 Å². The fourth-order valence-electron chi connectivity index (χ4n) is 1.58. The number of nitrogens with two attached hydrogens (primary N) is 1. The number of benzene rings is 1. The predicted molar refractivity (Wildman–Crippen MR) is 67.5 cm³/mol. The Morgan fingerprint density at radius 2 is 2.00 bits per heavy atom. The minimum absolute atomic E-state index is 0.0262. The molecular weight excluding hydrogens is 216 g/mol. The van der Waals surface area contributed by atoms with Crippen molar-refractivity contribution in [3.63, 3.8) is 0 Å². The van der Waals surface area contributed by atoms with Crippen molar-refractivity contribution in [2.75, 3.05) is 0 Å². The molecule has 0 fully saturated rings. The molecule has 1 aromatic carbocycles. The molecule has 1 aromatic rings. The molecule has 94 valence electrons. The number of carbonyl (C=O) groups is 1. The van der Waals surface area contributed by atoms with Crippen LogP contribution in [0, 0.1) is 0 Å². The SMILES string of the molecule is C[C@H](N)C[C@H](C)NC(=O)OCc1ccccc1. The number of amides is 1. The van der Waals surface area contributed by atoms with Crippen molar-refractivity contribution in [2.45, 2.75) is 39.0 Å². The summed E-state index contributed by atoms with van der Waals surface area (Å²) in [6, 6.07) is 9.67. The average molecular weight is 236 g/mol. The number of hydrogen-bond donors (Lipinski definition) is 2. The maximum absolute atomic E-state index is 11.4. The molecule has 1 amide bonds. The summed E-state index contributed by atoms with van der Waals surface area (Å²) in [7, 11) is 0. The van der Waals surface area contributed by atoms with E-state index in [1.807, 2.05) is 44.2 Å². The standard InChI is InChI=1S/C13H20N2O2/c1-10(14)8-11(2)15-13(16)17-9-12-6-4-3-5-7-12/h3-7,10-11H,8-9,14H2,1-2H3,(H,15,16)/t10-,11-/m0/s1. The van der Waals surface area contributed by atoms with E-state index in [1.165, 1.54) is 0 Å². The van der Waals surface area contributed by atoms with Crippen molar-refractivity contribution >= 4 is 6.09 Å². The van der Waals surface area contributed by atoms with Crippen molar-refractivity contribution in [2.24, 2.45) is 5.73 Å². The van der Waals surface area contributed by atoms with Crippen LogP contribution < -0.4 is 11.1 Å². The molecule has 0 aromatic heterocycles. The number of nitrogens with one attached hydrogen (secondary N) is 1. The van der Waals surface area contributed by atoms with Gasteiger partial charge in [-0.25, -0.2) is 4.79 Å². The van der Waals surface area contributed by atoms with Crippen LogP contribution >= 0.6 is 0 Å². The lowest BCUT2D eigenvalue weighted by Gasteiger charge is -2.15. The topological polar surface area (TPSA) is 64.3 Å². The zero-order valence-corrected chi connectivity index (χ0v) is 10.3. The van der Waals surface area contributed by atoms with Crippen molar-refractivity contribution in [1.29, 1.82) is 0 Å². The van der Waals surface area contributed by atoms with Crippen molar-refractivity contribution in [3.05, 3.63) is 35.9 Å². The van der Waals surface area contributed by atoms with Crippen LogP contribution in [0.4, 0.5) is 4.79 Å². The molecule has 0 aliphatic rings. The molecule has 17 heavy (non-hydrogen) atoms. The zero-order valence-electron chi connectivity index (χ0n) is 10.3. The molecule has 4 heteroatoms. The van der Waals surface area contributed by atoms with Gasteiger partial charge in [-0.1, -0.05) is 30.3 Å². The first-order valence-corrected chi connectivity index (χ1v) is 5.80. The van der Waals surface area contributed by atoms with E-state index in [0.29, 0.717) is 0 Å². The second-order valence-corrected chi connectivity index (χ2v) is 4.32. The fraction of sp³-hybridized carbons (Fsp3) is 0.462. The van der Waals surface area contributed by atoms with Crippen LogP contribution in [0.15, 0.2) is 30.3 Å². The fourth-order valence-corrected chi connectivity index (χ4v) is 1.58.